The summed E-state index contributed by atoms with van der Waals surface area (Å²) in [4.78, 5) is 19.8. The van der Waals surface area contributed by atoms with Crippen molar-refractivity contribution in [3.63, 3.8) is 0 Å². The van der Waals surface area contributed by atoms with Gasteiger partial charge in [-0.1, -0.05) is 12.0 Å². The highest BCUT2D eigenvalue weighted by atomic mass is 19.1. The van der Waals surface area contributed by atoms with Crippen LogP contribution in [-0.2, 0) is 0 Å². The third-order valence-corrected chi connectivity index (χ3v) is 4.53. The number of nitrogen functional groups attached to an aromatic ring is 1. The van der Waals surface area contributed by atoms with Crippen LogP contribution in [0.25, 0.3) is 33.1 Å². The molecule has 8 heteroatoms. The van der Waals surface area contributed by atoms with Crippen LogP contribution in [0, 0.1) is 24.6 Å². The SMILES string of the molecule is Cc1cc2[nH]c(=O)c(N)c(-c3ccc(F)c4[nH]ncc34)c2nc1C#CC(C)(C)O. The number of benzene rings is 1. The van der Waals surface area contributed by atoms with Crippen LogP contribution in [0.3, 0.4) is 0 Å². The van der Waals surface area contributed by atoms with Crippen molar-refractivity contribution in [2.45, 2.75) is 26.4 Å². The standard InChI is InChI=1S/C21H18FN5O2/c1-10-8-15-19(25-14(10)6-7-21(2,3)29)16(17(23)20(28)26-15)11-4-5-13(22)18-12(11)9-24-27-18/h4-5,8-9,29H,23H2,1-3H3,(H,24,27)(H,26,28). The monoisotopic (exact) mass is 391 g/mol. The molecule has 0 saturated heterocycles. The Labute approximate surface area is 164 Å². The number of anilines is 1. The molecule has 7 nitrogen and oxygen atoms in total. The van der Waals surface area contributed by atoms with Crippen LogP contribution in [0.15, 0.2) is 29.2 Å². The number of rotatable bonds is 1. The van der Waals surface area contributed by atoms with Crippen LogP contribution in [0.4, 0.5) is 10.1 Å². The number of aliphatic hydroxyl groups is 1. The minimum Gasteiger partial charge on any atom is -0.394 e. The summed E-state index contributed by atoms with van der Waals surface area (Å²) in [5.74, 6) is 5.15. The van der Waals surface area contributed by atoms with E-state index < -0.39 is 17.0 Å². The van der Waals surface area contributed by atoms with Gasteiger partial charge in [0.25, 0.3) is 5.56 Å². The van der Waals surface area contributed by atoms with E-state index in [2.05, 4.69) is 32.0 Å². The van der Waals surface area contributed by atoms with Crippen molar-refractivity contribution in [3.8, 4) is 23.0 Å². The van der Waals surface area contributed by atoms with Gasteiger partial charge in [-0.05, 0) is 50.0 Å². The lowest BCUT2D eigenvalue weighted by Gasteiger charge is -2.12. The van der Waals surface area contributed by atoms with Crippen molar-refractivity contribution in [2.75, 3.05) is 5.73 Å². The number of aromatic nitrogens is 4. The second-order valence-corrected chi connectivity index (χ2v) is 7.36. The van der Waals surface area contributed by atoms with E-state index in [0.29, 0.717) is 33.2 Å². The van der Waals surface area contributed by atoms with Gasteiger partial charge < -0.3 is 15.8 Å². The van der Waals surface area contributed by atoms with Crippen LogP contribution in [-0.4, -0.2) is 30.9 Å². The Bertz CT molecular complexity index is 1400. The van der Waals surface area contributed by atoms with E-state index in [4.69, 9.17) is 5.73 Å². The van der Waals surface area contributed by atoms with Gasteiger partial charge in [-0.15, -0.1) is 0 Å². The van der Waals surface area contributed by atoms with Crippen molar-refractivity contribution in [1.82, 2.24) is 20.2 Å². The summed E-state index contributed by atoms with van der Waals surface area (Å²) in [6.07, 6.45) is 1.48. The molecule has 0 fully saturated rings. The second-order valence-electron chi connectivity index (χ2n) is 7.36. The molecule has 3 aromatic heterocycles. The molecule has 4 aromatic rings. The Kier molecular flexibility index (Phi) is 4.14. The number of nitrogens with two attached hydrogens (primary N) is 1. The van der Waals surface area contributed by atoms with Gasteiger partial charge in [0.05, 0.1) is 17.2 Å². The number of fused-ring (bicyclic) bond motifs is 2. The van der Waals surface area contributed by atoms with Crippen LogP contribution in [0.1, 0.15) is 25.1 Å². The van der Waals surface area contributed by atoms with Crippen LogP contribution < -0.4 is 11.3 Å². The summed E-state index contributed by atoms with van der Waals surface area (Å²) in [7, 11) is 0. The van der Waals surface area contributed by atoms with E-state index >= 15 is 0 Å². The lowest BCUT2D eigenvalue weighted by Crippen LogP contribution is -2.15. The van der Waals surface area contributed by atoms with E-state index in [1.807, 2.05) is 0 Å². The van der Waals surface area contributed by atoms with Gasteiger partial charge in [-0.25, -0.2) is 9.37 Å². The normalized spacial score (nSPS) is 11.6. The van der Waals surface area contributed by atoms with Crippen molar-refractivity contribution in [1.29, 1.82) is 0 Å². The molecular weight excluding hydrogens is 373 g/mol. The number of halogens is 1. The first-order valence-corrected chi connectivity index (χ1v) is 8.86. The quantitative estimate of drug-likeness (QED) is 0.372. The molecule has 0 aliphatic rings. The zero-order valence-corrected chi connectivity index (χ0v) is 16.0. The number of H-pyrrole nitrogens is 2. The summed E-state index contributed by atoms with van der Waals surface area (Å²) >= 11 is 0. The fourth-order valence-electron chi connectivity index (χ4n) is 3.16. The molecule has 0 radical (unpaired) electrons. The molecule has 0 bridgehead atoms. The van der Waals surface area contributed by atoms with Gasteiger partial charge in [-0.2, -0.15) is 5.10 Å². The smallest absolute Gasteiger partial charge is 0.272 e. The maximum absolute atomic E-state index is 14.1. The van der Waals surface area contributed by atoms with E-state index in [0.717, 1.165) is 5.56 Å². The van der Waals surface area contributed by atoms with Crippen molar-refractivity contribution in [2.24, 2.45) is 0 Å². The number of nitrogens with zero attached hydrogens (tertiary/aromatic N) is 2. The zero-order valence-electron chi connectivity index (χ0n) is 16.0. The van der Waals surface area contributed by atoms with E-state index in [1.54, 1.807) is 32.9 Å². The highest BCUT2D eigenvalue weighted by Crippen LogP contribution is 2.35. The Morgan fingerprint density at radius 2 is 2.07 bits per heavy atom. The average Bonchev–Trinajstić information content (AvgIpc) is 3.13. The molecule has 0 aliphatic heterocycles. The molecule has 5 N–H and O–H groups in total. The first kappa shape index (κ1) is 18.7. The topological polar surface area (TPSA) is 121 Å². The summed E-state index contributed by atoms with van der Waals surface area (Å²) in [5.41, 5.74) is 7.62. The number of nitrogens with one attached hydrogen (secondary N) is 2. The summed E-state index contributed by atoms with van der Waals surface area (Å²) in [6, 6.07) is 4.57. The summed E-state index contributed by atoms with van der Waals surface area (Å²) in [6.45, 7) is 4.96. The van der Waals surface area contributed by atoms with Crippen LogP contribution >= 0.6 is 0 Å². The molecular formula is C21H18FN5O2. The van der Waals surface area contributed by atoms with Gasteiger partial charge >= 0.3 is 0 Å². The zero-order chi connectivity index (χ0) is 20.9. The molecule has 0 unspecified atom stereocenters. The first-order valence-electron chi connectivity index (χ1n) is 8.86. The number of hydrogen-bond acceptors (Lipinski definition) is 5. The van der Waals surface area contributed by atoms with Crippen molar-refractivity contribution >= 4 is 27.6 Å². The first-order chi connectivity index (χ1) is 13.7. The molecule has 0 saturated carbocycles. The Morgan fingerprint density at radius 1 is 1.31 bits per heavy atom. The Balaban J connectivity index is 2.11. The third-order valence-electron chi connectivity index (χ3n) is 4.53. The number of aryl methyl sites for hydroxylation is 1. The van der Waals surface area contributed by atoms with E-state index in [-0.39, 0.29) is 11.2 Å². The molecule has 146 valence electrons. The van der Waals surface area contributed by atoms with Crippen LogP contribution in [0.2, 0.25) is 0 Å². The number of pyridine rings is 2. The fourth-order valence-corrected chi connectivity index (χ4v) is 3.16. The lowest BCUT2D eigenvalue weighted by atomic mass is 9.98. The molecule has 0 amide bonds. The van der Waals surface area contributed by atoms with E-state index in [1.165, 1.54) is 12.3 Å². The Morgan fingerprint density at radius 3 is 2.79 bits per heavy atom. The molecule has 4 rings (SSSR count). The predicted octanol–water partition coefficient (Wildman–Crippen LogP) is 2.62. The largest absolute Gasteiger partial charge is 0.394 e. The number of aromatic amines is 2. The van der Waals surface area contributed by atoms with Gasteiger partial charge in [-0.3, -0.25) is 9.89 Å². The molecule has 3 heterocycles. The highest BCUT2D eigenvalue weighted by molar-refractivity contribution is 6.06. The molecule has 0 atom stereocenters. The lowest BCUT2D eigenvalue weighted by molar-refractivity contribution is 0.143. The maximum atomic E-state index is 14.1. The average molecular weight is 391 g/mol. The number of hydrogen-bond donors (Lipinski definition) is 4. The molecule has 1 aromatic carbocycles. The fraction of sp³-hybridized carbons (Fsp3) is 0.190. The van der Waals surface area contributed by atoms with Gasteiger partial charge in [0.1, 0.15) is 28.3 Å². The Hall–Kier alpha value is -3.70. The second kappa shape index (κ2) is 6.43. The molecule has 29 heavy (non-hydrogen) atoms. The van der Waals surface area contributed by atoms with Gasteiger partial charge in [0.15, 0.2) is 0 Å². The minimum absolute atomic E-state index is 0.0376. The summed E-state index contributed by atoms with van der Waals surface area (Å²) in [5, 5.41) is 16.9. The van der Waals surface area contributed by atoms with Gasteiger partial charge in [0.2, 0.25) is 0 Å². The minimum atomic E-state index is -1.18. The third kappa shape index (κ3) is 3.22. The van der Waals surface area contributed by atoms with E-state index in [9.17, 15) is 14.3 Å². The van der Waals surface area contributed by atoms with Crippen LogP contribution in [0.5, 0.6) is 0 Å². The van der Waals surface area contributed by atoms with Crippen molar-refractivity contribution in [3.05, 3.63) is 51.8 Å². The maximum Gasteiger partial charge on any atom is 0.272 e. The predicted molar refractivity (Wildman–Crippen MR) is 110 cm³/mol. The highest BCUT2D eigenvalue weighted by Gasteiger charge is 2.19. The molecule has 0 aliphatic carbocycles. The van der Waals surface area contributed by atoms with Gasteiger partial charge in [0, 0.05) is 10.9 Å². The molecule has 0 spiro atoms. The van der Waals surface area contributed by atoms with Crippen molar-refractivity contribution < 1.29 is 9.50 Å². The summed E-state index contributed by atoms with van der Waals surface area (Å²) < 4.78 is 14.1.